The van der Waals surface area contributed by atoms with E-state index in [0.29, 0.717) is 5.56 Å². The van der Waals surface area contributed by atoms with Crippen LogP contribution in [0.1, 0.15) is 53.0 Å². The molecule has 0 unspecified atom stereocenters. The minimum atomic E-state index is -0.211. The number of nitrogens with zero attached hydrogens (tertiary/aromatic N) is 4. The van der Waals surface area contributed by atoms with Gasteiger partial charge >= 0.3 is 0 Å². The maximum absolute atomic E-state index is 12.6. The summed E-state index contributed by atoms with van der Waals surface area (Å²) in [5, 5.41) is 12.0. The fourth-order valence-corrected chi connectivity index (χ4v) is 3.88. The fourth-order valence-electron chi connectivity index (χ4n) is 3.88. The lowest BCUT2D eigenvalue weighted by molar-refractivity contribution is 0.0921. The summed E-state index contributed by atoms with van der Waals surface area (Å²) in [6.45, 7) is 9.89. The van der Waals surface area contributed by atoms with Gasteiger partial charge in [-0.05, 0) is 24.5 Å². The van der Waals surface area contributed by atoms with Crippen molar-refractivity contribution in [3.63, 3.8) is 0 Å². The number of carbonyl (C=O) groups excluding carboxylic acids is 1. The lowest BCUT2D eigenvalue weighted by Crippen LogP contribution is -2.34. The maximum atomic E-state index is 12.6. The molecule has 7 nitrogen and oxygen atoms in total. The number of fused-ring (bicyclic) bond motifs is 1. The lowest BCUT2D eigenvalue weighted by atomic mass is 10.0. The van der Waals surface area contributed by atoms with Gasteiger partial charge in [0.25, 0.3) is 5.91 Å². The van der Waals surface area contributed by atoms with Crippen molar-refractivity contribution < 1.29 is 9.21 Å². The van der Waals surface area contributed by atoms with Gasteiger partial charge in [-0.1, -0.05) is 43.7 Å². The number of aryl methyl sites for hydroxylation is 1. The van der Waals surface area contributed by atoms with Crippen LogP contribution in [0.5, 0.6) is 0 Å². The predicted octanol–water partition coefficient (Wildman–Crippen LogP) is 3.36. The van der Waals surface area contributed by atoms with Crippen molar-refractivity contribution in [1.82, 2.24) is 25.0 Å². The van der Waals surface area contributed by atoms with Crippen molar-refractivity contribution >= 4 is 5.91 Å². The molecule has 0 radical (unpaired) electrons. The van der Waals surface area contributed by atoms with Crippen LogP contribution >= 0.6 is 0 Å². The van der Waals surface area contributed by atoms with Gasteiger partial charge in [-0.25, -0.2) is 0 Å². The first-order valence-electron chi connectivity index (χ1n) is 10.5. The summed E-state index contributed by atoms with van der Waals surface area (Å²) in [6.07, 6.45) is 3.81. The Morgan fingerprint density at radius 3 is 2.63 bits per heavy atom. The van der Waals surface area contributed by atoms with E-state index < -0.39 is 0 Å². The van der Waals surface area contributed by atoms with Crippen LogP contribution in [0, 0.1) is 12.8 Å². The van der Waals surface area contributed by atoms with Crippen molar-refractivity contribution in [3.8, 4) is 0 Å². The standard InChI is InChI=1S/C23H29N5O2/c1-16(2)21(24-23(29)19-9-13-30-15-19)22-26-25-20-8-10-27(11-12-28(20)22)14-18-6-4-17(3)5-7-18/h4-7,9,13,15-16,21H,8,10-12,14H2,1-3H3,(H,24,29)/t21-/m0/s1. The molecule has 0 saturated carbocycles. The quantitative estimate of drug-likeness (QED) is 0.678. The summed E-state index contributed by atoms with van der Waals surface area (Å²) in [6, 6.07) is 10.2. The first kappa shape index (κ1) is 20.3. The van der Waals surface area contributed by atoms with Crippen LogP contribution in [-0.4, -0.2) is 38.7 Å². The molecule has 0 spiro atoms. The predicted molar refractivity (Wildman–Crippen MR) is 114 cm³/mol. The third kappa shape index (κ3) is 4.46. The summed E-state index contributed by atoms with van der Waals surface area (Å²) in [5.74, 6) is 1.84. The van der Waals surface area contributed by atoms with Crippen molar-refractivity contribution in [2.24, 2.45) is 5.92 Å². The molecule has 158 valence electrons. The van der Waals surface area contributed by atoms with Crippen molar-refractivity contribution in [1.29, 1.82) is 0 Å². The van der Waals surface area contributed by atoms with E-state index in [9.17, 15) is 4.79 Å². The van der Waals surface area contributed by atoms with E-state index in [0.717, 1.165) is 44.2 Å². The monoisotopic (exact) mass is 407 g/mol. The number of furan rings is 1. The maximum Gasteiger partial charge on any atom is 0.255 e. The molecule has 0 saturated heterocycles. The molecule has 0 aliphatic carbocycles. The van der Waals surface area contributed by atoms with Crippen LogP contribution in [-0.2, 0) is 19.5 Å². The molecule has 1 aliphatic heterocycles. The smallest absolute Gasteiger partial charge is 0.255 e. The van der Waals surface area contributed by atoms with E-state index in [-0.39, 0.29) is 17.9 Å². The van der Waals surface area contributed by atoms with Crippen LogP contribution in [0.2, 0.25) is 0 Å². The van der Waals surface area contributed by atoms with Gasteiger partial charge in [0.05, 0.1) is 17.9 Å². The Kier molecular flexibility index (Phi) is 5.99. The molecule has 1 amide bonds. The van der Waals surface area contributed by atoms with Gasteiger partial charge in [0.1, 0.15) is 12.1 Å². The largest absolute Gasteiger partial charge is 0.472 e. The Hall–Kier alpha value is -2.93. The molecular formula is C23H29N5O2. The topological polar surface area (TPSA) is 76.2 Å². The highest BCUT2D eigenvalue weighted by atomic mass is 16.3. The molecule has 7 heteroatoms. The van der Waals surface area contributed by atoms with Crippen LogP contribution < -0.4 is 5.32 Å². The number of hydrogen-bond acceptors (Lipinski definition) is 5. The molecule has 1 aromatic carbocycles. The van der Waals surface area contributed by atoms with Gasteiger partial charge in [0, 0.05) is 32.6 Å². The molecule has 30 heavy (non-hydrogen) atoms. The number of amides is 1. The van der Waals surface area contributed by atoms with Crippen LogP contribution in [0.4, 0.5) is 0 Å². The number of hydrogen-bond donors (Lipinski definition) is 1. The summed E-state index contributed by atoms with van der Waals surface area (Å²) < 4.78 is 7.23. The molecule has 0 fully saturated rings. The number of benzene rings is 1. The Morgan fingerprint density at radius 1 is 1.13 bits per heavy atom. The van der Waals surface area contributed by atoms with Crippen molar-refractivity contribution in [3.05, 3.63) is 71.2 Å². The van der Waals surface area contributed by atoms with Crippen LogP contribution in [0.15, 0.2) is 47.3 Å². The molecule has 2 aromatic heterocycles. The molecule has 3 aromatic rings. The van der Waals surface area contributed by atoms with E-state index in [1.807, 2.05) is 0 Å². The second-order valence-corrected chi connectivity index (χ2v) is 8.34. The Labute approximate surface area is 177 Å². The van der Waals surface area contributed by atoms with Crippen molar-refractivity contribution in [2.45, 2.75) is 46.3 Å². The van der Waals surface area contributed by atoms with Gasteiger partial charge in [0.2, 0.25) is 0 Å². The van der Waals surface area contributed by atoms with Gasteiger partial charge in [-0.3, -0.25) is 9.69 Å². The molecule has 0 bridgehead atoms. The lowest BCUT2D eigenvalue weighted by Gasteiger charge is -2.23. The number of nitrogens with one attached hydrogen (secondary N) is 1. The third-order valence-electron chi connectivity index (χ3n) is 5.69. The summed E-state index contributed by atoms with van der Waals surface area (Å²) in [7, 11) is 0. The number of rotatable bonds is 6. The number of aromatic nitrogens is 3. The van der Waals surface area contributed by atoms with Gasteiger partial charge in [-0.2, -0.15) is 0 Å². The first-order chi connectivity index (χ1) is 14.5. The molecule has 1 N–H and O–H groups in total. The van der Waals surface area contributed by atoms with Crippen molar-refractivity contribution in [2.75, 3.05) is 13.1 Å². The van der Waals surface area contributed by atoms with Crippen LogP contribution in [0.25, 0.3) is 0 Å². The first-order valence-corrected chi connectivity index (χ1v) is 10.5. The van der Waals surface area contributed by atoms with E-state index in [4.69, 9.17) is 4.42 Å². The average Bonchev–Trinajstić information content (AvgIpc) is 3.36. The second-order valence-electron chi connectivity index (χ2n) is 8.34. The normalized spacial score (nSPS) is 15.6. The van der Waals surface area contributed by atoms with Gasteiger partial charge < -0.3 is 14.3 Å². The summed E-state index contributed by atoms with van der Waals surface area (Å²) in [5.41, 5.74) is 3.12. The molecule has 4 rings (SSSR count). The Morgan fingerprint density at radius 2 is 1.93 bits per heavy atom. The SMILES string of the molecule is Cc1ccc(CN2CCc3nnc([C@@H](NC(=O)c4ccoc4)C(C)C)n3CC2)cc1. The molecule has 1 atom stereocenters. The molecule has 3 heterocycles. The third-order valence-corrected chi connectivity index (χ3v) is 5.69. The fraction of sp³-hybridized carbons (Fsp3) is 0.435. The van der Waals surface area contributed by atoms with E-state index in [1.54, 1.807) is 6.07 Å². The van der Waals surface area contributed by atoms with E-state index in [1.165, 1.54) is 23.7 Å². The minimum absolute atomic E-state index is 0.158. The molecular weight excluding hydrogens is 378 g/mol. The van der Waals surface area contributed by atoms with Crippen LogP contribution in [0.3, 0.4) is 0 Å². The Bertz CT molecular complexity index is 976. The highest BCUT2D eigenvalue weighted by molar-refractivity contribution is 5.94. The summed E-state index contributed by atoms with van der Waals surface area (Å²) in [4.78, 5) is 15.1. The second kappa shape index (κ2) is 8.83. The zero-order chi connectivity index (χ0) is 21.1. The highest BCUT2D eigenvalue weighted by Crippen LogP contribution is 2.23. The zero-order valence-electron chi connectivity index (χ0n) is 17.8. The average molecular weight is 408 g/mol. The van der Waals surface area contributed by atoms with E-state index in [2.05, 4.69) is 70.0 Å². The zero-order valence-corrected chi connectivity index (χ0v) is 17.8. The molecule has 1 aliphatic rings. The van der Waals surface area contributed by atoms with E-state index >= 15 is 0 Å². The minimum Gasteiger partial charge on any atom is -0.472 e. The highest BCUT2D eigenvalue weighted by Gasteiger charge is 2.28. The summed E-state index contributed by atoms with van der Waals surface area (Å²) >= 11 is 0. The Balaban J connectivity index is 1.48. The van der Waals surface area contributed by atoms with Gasteiger partial charge in [-0.15, -0.1) is 10.2 Å². The van der Waals surface area contributed by atoms with Gasteiger partial charge in [0.15, 0.2) is 5.82 Å². The number of carbonyl (C=O) groups is 1.